The van der Waals surface area contributed by atoms with E-state index in [0.717, 1.165) is 12.8 Å². The molecule has 1 aromatic rings. The lowest BCUT2D eigenvalue weighted by molar-refractivity contribution is -0.385. The Morgan fingerprint density at radius 3 is 2.70 bits per heavy atom. The van der Waals surface area contributed by atoms with Crippen LogP contribution in [0.2, 0.25) is 0 Å². The minimum atomic E-state index is -1.34. The van der Waals surface area contributed by atoms with E-state index in [1.54, 1.807) is 0 Å². The quantitative estimate of drug-likeness (QED) is 0.479. The molecule has 1 heterocycles. The maximum Gasteiger partial charge on any atom is 0.285 e. The predicted molar refractivity (Wildman–Crippen MR) is 70.9 cm³/mol. The van der Waals surface area contributed by atoms with E-state index < -0.39 is 33.7 Å². The Kier molecular flexibility index (Phi) is 4.32. The first-order valence-electron chi connectivity index (χ1n) is 5.96. The Bertz CT molecular complexity index is 568. The standard InChI is InChI=1S/C12H11BrF2N2O3/c13-6-7-2-1-3-16(7)12(18)8-4-9(14)10(15)5-11(8)17(19)20/h4-5,7H,1-3,6H2. The van der Waals surface area contributed by atoms with Gasteiger partial charge in [0.1, 0.15) is 5.56 Å². The minimum Gasteiger partial charge on any atom is -0.335 e. The second-order valence-electron chi connectivity index (χ2n) is 4.49. The number of rotatable bonds is 3. The molecule has 0 spiro atoms. The Balaban J connectivity index is 2.43. The van der Waals surface area contributed by atoms with Crippen LogP contribution >= 0.6 is 15.9 Å². The van der Waals surface area contributed by atoms with Crippen molar-refractivity contribution in [2.24, 2.45) is 0 Å². The van der Waals surface area contributed by atoms with Crippen LogP contribution in [0.4, 0.5) is 14.5 Å². The van der Waals surface area contributed by atoms with E-state index in [4.69, 9.17) is 0 Å². The van der Waals surface area contributed by atoms with Gasteiger partial charge >= 0.3 is 0 Å². The lowest BCUT2D eigenvalue weighted by atomic mass is 10.1. The molecule has 1 unspecified atom stereocenters. The molecule has 1 aliphatic heterocycles. The number of likely N-dealkylation sites (tertiary alicyclic amines) is 1. The summed E-state index contributed by atoms with van der Waals surface area (Å²) in [5.74, 6) is -3.25. The number of nitro benzene ring substituents is 1. The SMILES string of the molecule is O=C(c1cc(F)c(F)cc1[N+](=O)[O-])N1CCCC1CBr. The van der Waals surface area contributed by atoms with E-state index in [0.29, 0.717) is 24.0 Å². The summed E-state index contributed by atoms with van der Waals surface area (Å²) in [5, 5.41) is 11.4. The summed E-state index contributed by atoms with van der Waals surface area (Å²) in [5.41, 5.74) is -1.13. The van der Waals surface area contributed by atoms with Gasteiger partial charge in [-0.25, -0.2) is 8.78 Å². The number of nitro groups is 1. The first-order valence-corrected chi connectivity index (χ1v) is 7.08. The summed E-state index contributed by atoms with van der Waals surface area (Å²) < 4.78 is 26.4. The Hall–Kier alpha value is -1.57. The van der Waals surface area contributed by atoms with Crippen molar-refractivity contribution in [1.82, 2.24) is 4.90 Å². The fraction of sp³-hybridized carbons (Fsp3) is 0.417. The van der Waals surface area contributed by atoms with Crippen molar-refractivity contribution in [3.05, 3.63) is 39.4 Å². The van der Waals surface area contributed by atoms with Gasteiger partial charge < -0.3 is 4.90 Å². The molecule has 0 aromatic heterocycles. The highest BCUT2D eigenvalue weighted by atomic mass is 79.9. The van der Waals surface area contributed by atoms with Crippen molar-refractivity contribution in [2.45, 2.75) is 18.9 Å². The maximum absolute atomic E-state index is 13.3. The van der Waals surface area contributed by atoms with E-state index in [-0.39, 0.29) is 6.04 Å². The first-order chi connectivity index (χ1) is 9.45. The third-order valence-corrected chi connectivity index (χ3v) is 4.03. The maximum atomic E-state index is 13.3. The van der Waals surface area contributed by atoms with Crippen LogP contribution in [0.3, 0.4) is 0 Å². The second-order valence-corrected chi connectivity index (χ2v) is 5.14. The zero-order chi connectivity index (χ0) is 14.9. The number of alkyl halides is 1. The fourth-order valence-electron chi connectivity index (χ4n) is 2.28. The van der Waals surface area contributed by atoms with Gasteiger partial charge in [-0.15, -0.1) is 0 Å². The summed E-state index contributed by atoms with van der Waals surface area (Å²) >= 11 is 3.27. The van der Waals surface area contributed by atoms with Crippen LogP contribution in [0.5, 0.6) is 0 Å². The van der Waals surface area contributed by atoms with Crippen LogP contribution in [-0.2, 0) is 0 Å². The molecule has 1 saturated heterocycles. The molecule has 20 heavy (non-hydrogen) atoms. The molecule has 108 valence electrons. The number of carbonyl (C=O) groups excluding carboxylic acids is 1. The molecule has 1 atom stereocenters. The number of hydrogen-bond donors (Lipinski definition) is 0. The number of amides is 1. The smallest absolute Gasteiger partial charge is 0.285 e. The van der Waals surface area contributed by atoms with Gasteiger partial charge in [-0.2, -0.15) is 0 Å². The minimum absolute atomic E-state index is 0.0878. The van der Waals surface area contributed by atoms with Crippen molar-refractivity contribution in [3.63, 3.8) is 0 Å². The summed E-state index contributed by atoms with van der Waals surface area (Å²) in [6.45, 7) is 0.450. The molecule has 8 heteroatoms. The zero-order valence-corrected chi connectivity index (χ0v) is 11.9. The van der Waals surface area contributed by atoms with Crippen LogP contribution < -0.4 is 0 Å². The summed E-state index contributed by atoms with van der Waals surface area (Å²) in [6.07, 6.45) is 1.55. The van der Waals surface area contributed by atoms with E-state index in [1.807, 2.05) is 0 Å². The topological polar surface area (TPSA) is 63.4 Å². The van der Waals surface area contributed by atoms with Crippen molar-refractivity contribution >= 4 is 27.5 Å². The summed E-state index contributed by atoms with van der Waals surface area (Å²) in [7, 11) is 0. The van der Waals surface area contributed by atoms with Crippen LogP contribution in [0.25, 0.3) is 0 Å². The van der Waals surface area contributed by atoms with E-state index in [2.05, 4.69) is 15.9 Å². The molecule has 1 amide bonds. The Labute approximate surface area is 121 Å². The predicted octanol–water partition coefficient (Wildman–Crippen LogP) is 2.87. The second kappa shape index (κ2) is 5.82. The number of halogens is 3. The first kappa shape index (κ1) is 14.8. The highest BCUT2D eigenvalue weighted by molar-refractivity contribution is 9.09. The average Bonchev–Trinajstić information content (AvgIpc) is 2.88. The van der Waals surface area contributed by atoms with E-state index in [1.165, 1.54) is 4.90 Å². The third kappa shape index (κ3) is 2.65. The van der Waals surface area contributed by atoms with Gasteiger partial charge in [0.25, 0.3) is 11.6 Å². The molecule has 2 rings (SSSR count). The van der Waals surface area contributed by atoms with E-state index in [9.17, 15) is 23.7 Å². The molecular formula is C12H11BrF2N2O3. The molecule has 0 saturated carbocycles. The van der Waals surface area contributed by atoms with Gasteiger partial charge in [-0.1, -0.05) is 15.9 Å². The van der Waals surface area contributed by atoms with Gasteiger partial charge in [-0.3, -0.25) is 14.9 Å². The lowest BCUT2D eigenvalue weighted by Crippen LogP contribution is -2.36. The molecule has 1 aromatic carbocycles. The zero-order valence-electron chi connectivity index (χ0n) is 10.3. The van der Waals surface area contributed by atoms with Gasteiger partial charge in [0.2, 0.25) is 0 Å². The normalized spacial score (nSPS) is 18.4. The molecule has 0 N–H and O–H groups in total. The summed E-state index contributed by atoms with van der Waals surface area (Å²) in [6, 6.07) is 0.955. The van der Waals surface area contributed by atoms with Crippen molar-refractivity contribution in [1.29, 1.82) is 0 Å². The third-order valence-electron chi connectivity index (χ3n) is 3.28. The number of carbonyl (C=O) groups is 1. The van der Waals surface area contributed by atoms with Crippen LogP contribution in [0, 0.1) is 21.7 Å². The van der Waals surface area contributed by atoms with Crippen molar-refractivity contribution < 1.29 is 18.5 Å². The Morgan fingerprint density at radius 1 is 1.45 bits per heavy atom. The molecule has 5 nitrogen and oxygen atoms in total. The molecule has 0 bridgehead atoms. The monoisotopic (exact) mass is 348 g/mol. The van der Waals surface area contributed by atoms with E-state index >= 15 is 0 Å². The van der Waals surface area contributed by atoms with Crippen LogP contribution in [-0.4, -0.2) is 33.6 Å². The molecule has 0 radical (unpaired) electrons. The van der Waals surface area contributed by atoms with Crippen molar-refractivity contribution in [2.75, 3.05) is 11.9 Å². The van der Waals surface area contributed by atoms with Gasteiger partial charge in [0.15, 0.2) is 11.6 Å². The molecule has 1 aliphatic rings. The lowest BCUT2D eigenvalue weighted by Gasteiger charge is -2.23. The molecular weight excluding hydrogens is 338 g/mol. The fourth-order valence-corrected chi connectivity index (χ4v) is 2.95. The summed E-state index contributed by atoms with van der Waals surface area (Å²) in [4.78, 5) is 23.8. The molecule has 0 aliphatic carbocycles. The van der Waals surface area contributed by atoms with Gasteiger partial charge in [-0.05, 0) is 18.9 Å². The highest BCUT2D eigenvalue weighted by Crippen LogP contribution is 2.27. The van der Waals surface area contributed by atoms with Crippen LogP contribution in [0.1, 0.15) is 23.2 Å². The number of nitrogens with zero attached hydrogens (tertiary/aromatic N) is 2. The van der Waals surface area contributed by atoms with Gasteiger partial charge in [0.05, 0.1) is 11.0 Å². The largest absolute Gasteiger partial charge is 0.335 e. The number of hydrogen-bond acceptors (Lipinski definition) is 3. The average molecular weight is 349 g/mol. The van der Waals surface area contributed by atoms with Gasteiger partial charge in [0, 0.05) is 17.9 Å². The molecule has 1 fully saturated rings. The van der Waals surface area contributed by atoms with Crippen LogP contribution in [0.15, 0.2) is 12.1 Å². The number of benzene rings is 1. The highest BCUT2D eigenvalue weighted by Gasteiger charge is 2.33. The Morgan fingerprint density at radius 2 is 2.10 bits per heavy atom. The van der Waals surface area contributed by atoms with Crippen molar-refractivity contribution in [3.8, 4) is 0 Å².